The number of carbonyl (C=O) groups is 2. The Morgan fingerprint density at radius 2 is 1.71 bits per heavy atom. The maximum absolute atomic E-state index is 13.3. The van der Waals surface area contributed by atoms with Crippen LogP contribution in [0.15, 0.2) is 46.9 Å². The first-order valence-corrected chi connectivity index (χ1v) is 11.5. The Balaban J connectivity index is 1.65. The van der Waals surface area contributed by atoms with Crippen molar-refractivity contribution in [2.75, 3.05) is 39.3 Å². The number of amides is 2. The summed E-state index contributed by atoms with van der Waals surface area (Å²) in [6.45, 7) is 8.81. The van der Waals surface area contributed by atoms with Crippen molar-refractivity contribution in [2.24, 2.45) is 0 Å². The second kappa shape index (κ2) is 11.7. The van der Waals surface area contributed by atoms with Gasteiger partial charge in [0.25, 0.3) is 0 Å². The van der Waals surface area contributed by atoms with Gasteiger partial charge in [0.15, 0.2) is 0 Å². The van der Waals surface area contributed by atoms with Crippen LogP contribution in [0.5, 0.6) is 0 Å². The molecule has 0 atom stereocenters. The van der Waals surface area contributed by atoms with Gasteiger partial charge in [-0.3, -0.25) is 9.59 Å². The van der Waals surface area contributed by atoms with Crippen molar-refractivity contribution >= 4 is 11.8 Å². The number of likely N-dealkylation sites (tertiary alicyclic amines) is 1. The van der Waals surface area contributed by atoms with Crippen LogP contribution in [-0.2, 0) is 22.6 Å². The molecule has 1 aliphatic heterocycles. The SMILES string of the molecule is CCC(=O)N(CC[NH+]1CCCC1)CC(=O)N(CCc1ccccc1)Cc1ccc(C)o1. The minimum atomic E-state index is -0.0248. The predicted molar refractivity (Wildman–Crippen MR) is 121 cm³/mol. The minimum absolute atomic E-state index is 0.0248. The third-order valence-corrected chi connectivity index (χ3v) is 6.04. The summed E-state index contributed by atoms with van der Waals surface area (Å²) in [7, 11) is 0. The molecule has 1 saturated heterocycles. The number of nitrogens with zero attached hydrogens (tertiary/aromatic N) is 2. The van der Waals surface area contributed by atoms with Gasteiger partial charge in [0.2, 0.25) is 11.8 Å². The highest BCUT2D eigenvalue weighted by Gasteiger charge is 2.23. The molecule has 0 aliphatic carbocycles. The van der Waals surface area contributed by atoms with E-state index in [0.29, 0.717) is 26.1 Å². The van der Waals surface area contributed by atoms with Crippen LogP contribution in [0.1, 0.15) is 43.3 Å². The zero-order chi connectivity index (χ0) is 22.1. The quantitative estimate of drug-likeness (QED) is 0.599. The molecule has 31 heavy (non-hydrogen) atoms. The van der Waals surface area contributed by atoms with Crippen molar-refractivity contribution in [3.05, 3.63) is 59.5 Å². The standard InChI is InChI=1S/C25H35N3O3/c1-3-24(29)28(18-17-26-14-7-8-15-26)20-25(30)27(19-23-12-11-21(2)31-23)16-13-22-9-5-4-6-10-22/h4-6,9-12H,3,7-8,13-20H2,1-2H3/p+1. The van der Waals surface area contributed by atoms with E-state index in [-0.39, 0.29) is 18.4 Å². The molecule has 0 saturated carbocycles. The lowest BCUT2D eigenvalue weighted by atomic mass is 10.1. The molecule has 3 rings (SSSR count). The van der Waals surface area contributed by atoms with Gasteiger partial charge in [-0.25, -0.2) is 0 Å². The highest BCUT2D eigenvalue weighted by Crippen LogP contribution is 2.12. The smallest absolute Gasteiger partial charge is 0.242 e. The van der Waals surface area contributed by atoms with E-state index in [2.05, 4.69) is 12.1 Å². The molecule has 1 aromatic carbocycles. The van der Waals surface area contributed by atoms with Gasteiger partial charge in [0, 0.05) is 25.8 Å². The molecule has 6 heteroatoms. The van der Waals surface area contributed by atoms with Crippen molar-refractivity contribution in [3.8, 4) is 0 Å². The van der Waals surface area contributed by atoms with Crippen LogP contribution >= 0.6 is 0 Å². The molecule has 1 fully saturated rings. The Kier molecular flexibility index (Phi) is 8.71. The van der Waals surface area contributed by atoms with Gasteiger partial charge in [-0.1, -0.05) is 37.3 Å². The first-order valence-electron chi connectivity index (χ1n) is 11.5. The molecule has 168 valence electrons. The molecular formula is C25H36N3O3+. The van der Waals surface area contributed by atoms with E-state index in [1.165, 1.54) is 36.4 Å². The number of aryl methyl sites for hydroxylation is 1. The number of carbonyl (C=O) groups excluding carboxylic acids is 2. The Bertz CT molecular complexity index is 828. The van der Waals surface area contributed by atoms with Crippen molar-refractivity contribution in [3.63, 3.8) is 0 Å². The first kappa shape index (κ1) is 23.1. The van der Waals surface area contributed by atoms with Crippen LogP contribution in [0, 0.1) is 6.92 Å². The summed E-state index contributed by atoms with van der Waals surface area (Å²) in [5, 5.41) is 0. The van der Waals surface area contributed by atoms with Crippen LogP contribution in [0.3, 0.4) is 0 Å². The van der Waals surface area contributed by atoms with Gasteiger partial charge in [-0.05, 0) is 31.0 Å². The van der Waals surface area contributed by atoms with E-state index in [1.54, 1.807) is 4.90 Å². The molecule has 1 aliphatic rings. The van der Waals surface area contributed by atoms with E-state index in [1.807, 2.05) is 49.1 Å². The van der Waals surface area contributed by atoms with Crippen molar-refractivity contribution < 1.29 is 18.9 Å². The van der Waals surface area contributed by atoms with Crippen molar-refractivity contribution in [1.82, 2.24) is 9.80 Å². The normalized spacial score (nSPS) is 14.0. The molecule has 1 aromatic heterocycles. The second-order valence-electron chi connectivity index (χ2n) is 8.44. The zero-order valence-corrected chi connectivity index (χ0v) is 18.9. The Morgan fingerprint density at radius 1 is 0.968 bits per heavy atom. The molecule has 2 heterocycles. The molecule has 0 unspecified atom stereocenters. The van der Waals surface area contributed by atoms with Crippen molar-refractivity contribution in [2.45, 2.75) is 46.1 Å². The van der Waals surface area contributed by atoms with E-state index in [0.717, 1.165) is 24.5 Å². The number of hydrogen-bond donors (Lipinski definition) is 1. The molecule has 2 amide bonds. The highest BCUT2D eigenvalue weighted by molar-refractivity contribution is 5.84. The fourth-order valence-corrected chi connectivity index (χ4v) is 4.16. The largest absolute Gasteiger partial charge is 0.464 e. The second-order valence-corrected chi connectivity index (χ2v) is 8.44. The lowest BCUT2D eigenvalue weighted by Gasteiger charge is -2.28. The molecule has 6 nitrogen and oxygen atoms in total. The van der Waals surface area contributed by atoms with Crippen LogP contribution in [0.4, 0.5) is 0 Å². The predicted octanol–water partition coefficient (Wildman–Crippen LogP) is 2.08. The minimum Gasteiger partial charge on any atom is -0.464 e. The Morgan fingerprint density at radius 3 is 2.35 bits per heavy atom. The Labute approximate surface area is 185 Å². The van der Waals surface area contributed by atoms with Crippen LogP contribution in [0.25, 0.3) is 0 Å². The summed E-state index contributed by atoms with van der Waals surface area (Å²) in [6.07, 6.45) is 3.70. The zero-order valence-electron chi connectivity index (χ0n) is 18.9. The fourth-order valence-electron chi connectivity index (χ4n) is 4.16. The number of rotatable bonds is 11. The summed E-state index contributed by atoms with van der Waals surface area (Å²) < 4.78 is 5.73. The summed E-state index contributed by atoms with van der Waals surface area (Å²) in [6, 6.07) is 14.0. The van der Waals surface area contributed by atoms with Gasteiger partial charge < -0.3 is 19.1 Å². The third-order valence-electron chi connectivity index (χ3n) is 6.04. The molecule has 0 spiro atoms. The first-order chi connectivity index (χ1) is 15.0. The van der Waals surface area contributed by atoms with Crippen molar-refractivity contribution in [1.29, 1.82) is 0 Å². The van der Waals surface area contributed by atoms with Crippen LogP contribution in [0.2, 0.25) is 0 Å². The van der Waals surface area contributed by atoms with E-state index < -0.39 is 0 Å². The average molecular weight is 427 g/mol. The molecule has 2 aromatic rings. The number of benzene rings is 1. The summed E-state index contributed by atoms with van der Waals surface area (Å²) in [4.78, 5) is 30.9. The van der Waals surface area contributed by atoms with Gasteiger partial charge in [0.05, 0.1) is 39.3 Å². The van der Waals surface area contributed by atoms with Crippen LogP contribution < -0.4 is 4.90 Å². The maximum Gasteiger partial charge on any atom is 0.242 e. The van der Waals surface area contributed by atoms with Gasteiger partial charge in [-0.2, -0.15) is 0 Å². The summed E-state index contributed by atoms with van der Waals surface area (Å²) in [5.41, 5.74) is 1.19. The molecule has 1 N–H and O–H groups in total. The average Bonchev–Trinajstić information content (AvgIpc) is 3.45. The number of quaternary nitrogens is 1. The monoisotopic (exact) mass is 426 g/mol. The summed E-state index contributed by atoms with van der Waals surface area (Å²) in [5.74, 6) is 1.63. The number of nitrogens with one attached hydrogen (secondary N) is 1. The van der Waals surface area contributed by atoms with Gasteiger partial charge in [0.1, 0.15) is 11.5 Å². The topological polar surface area (TPSA) is 58.2 Å². The lowest BCUT2D eigenvalue weighted by Crippen LogP contribution is -3.10. The molecule has 0 radical (unpaired) electrons. The van der Waals surface area contributed by atoms with Crippen LogP contribution in [-0.4, -0.2) is 60.9 Å². The maximum atomic E-state index is 13.3. The fraction of sp³-hybridized carbons (Fsp3) is 0.520. The molecule has 0 bridgehead atoms. The number of hydrogen-bond acceptors (Lipinski definition) is 3. The Hall–Kier alpha value is -2.60. The van der Waals surface area contributed by atoms with Gasteiger partial charge >= 0.3 is 0 Å². The molecular weight excluding hydrogens is 390 g/mol. The van der Waals surface area contributed by atoms with E-state index >= 15 is 0 Å². The number of furan rings is 1. The van der Waals surface area contributed by atoms with E-state index in [9.17, 15) is 9.59 Å². The third kappa shape index (κ3) is 7.24. The lowest BCUT2D eigenvalue weighted by molar-refractivity contribution is -0.886. The highest BCUT2D eigenvalue weighted by atomic mass is 16.3. The van der Waals surface area contributed by atoms with Gasteiger partial charge in [-0.15, -0.1) is 0 Å². The van der Waals surface area contributed by atoms with E-state index in [4.69, 9.17) is 4.42 Å². The summed E-state index contributed by atoms with van der Waals surface area (Å²) >= 11 is 0.